The van der Waals surface area contributed by atoms with Crippen molar-refractivity contribution in [1.82, 2.24) is 8.61 Å². The summed E-state index contributed by atoms with van der Waals surface area (Å²) in [5, 5.41) is 1.86. The Kier molecular flexibility index (Phi) is 4.52. The van der Waals surface area contributed by atoms with Gasteiger partial charge in [-0.25, -0.2) is 4.31 Å². The van der Waals surface area contributed by atoms with Gasteiger partial charge in [-0.3, -0.25) is 0 Å². The average Bonchev–Trinajstić information content (AvgIpc) is 2.87. The smallest absolute Gasteiger partial charge is 0.248 e. The first kappa shape index (κ1) is 14.5. The quantitative estimate of drug-likeness (QED) is 0.749. The Hall–Kier alpha value is 0.0900. The Bertz CT molecular complexity index is 438. The fourth-order valence-corrected chi connectivity index (χ4v) is 6.14. The molecule has 2 aliphatic rings. The number of hydrogen-bond acceptors (Lipinski definition) is 3. The molecule has 2 rings (SSSR count). The summed E-state index contributed by atoms with van der Waals surface area (Å²) >= 11 is 7.31. The van der Waals surface area contributed by atoms with Crippen LogP contribution >= 0.6 is 23.4 Å². The van der Waals surface area contributed by atoms with Crippen LogP contribution in [0, 0.1) is 0 Å². The van der Waals surface area contributed by atoms with E-state index in [1.54, 1.807) is 16.1 Å². The maximum absolute atomic E-state index is 12.7. The number of nitrogens with zero attached hydrogens (tertiary/aromatic N) is 2. The molecule has 0 N–H and O–H groups in total. The Morgan fingerprint density at radius 1 is 1.56 bits per heavy atom. The molecule has 0 aromatic rings. The molecule has 104 valence electrons. The van der Waals surface area contributed by atoms with Gasteiger partial charge in [-0.2, -0.15) is 12.7 Å². The SMILES string of the molecule is CC1=CSC(C)N1S(=O)(=O)N1CCCC1CCCl. The van der Waals surface area contributed by atoms with Crippen molar-refractivity contribution in [2.45, 2.75) is 44.5 Å². The van der Waals surface area contributed by atoms with Crippen LogP contribution in [0.5, 0.6) is 0 Å². The second-order valence-electron chi connectivity index (χ2n) is 4.68. The monoisotopic (exact) mass is 310 g/mol. The van der Waals surface area contributed by atoms with E-state index in [1.807, 2.05) is 19.3 Å². The van der Waals surface area contributed by atoms with E-state index in [2.05, 4.69) is 0 Å². The highest BCUT2D eigenvalue weighted by atomic mass is 35.5. The van der Waals surface area contributed by atoms with E-state index in [0.717, 1.165) is 25.0 Å². The summed E-state index contributed by atoms with van der Waals surface area (Å²) in [5.74, 6) is 0.510. The van der Waals surface area contributed by atoms with Crippen LogP contribution in [0.2, 0.25) is 0 Å². The third-order valence-electron chi connectivity index (χ3n) is 3.42. The predicted molar refractivity (Wildman–Crippen MR) is 76.6 cm³/mol. The van der Waals surface area contributed by atoms with Gasteiger partial charge < -0.3 is 0 Å². The molecule has 0 spiro atoms. The lowest BCUT2D eigenvalue weighted by atomic mass is 10.2. The van der Waals surface area contributed by atoms with Crippen molar-refractivity contribution < 1.29 is 8.42 Å². The molecule has 1 saturated heterocycles. The van der Waals surface area contributed by atoms with E-state index in [9.17, 15) is 8.42 Å². The molecule has 4 nitrogen and oxygen atoms in total. The van der Waals surface area contributed by atoms with Crippen LogP contribution in [-0.2, 0) is 10.2 Å². The van der Waals surface area contributed by atoms with Crippen molar-refractivity contribution in [2.75, 3.05) is 12.4 Å². The third-order valence-corrected chi connectivity index (χ3v) is 7.03. The van der Waals surface area contributed by atoms with Gasteiger partial charge in [-0.05, 0) is 38.5 Å². The first-order valence-electron chi connectivity index (χ1n) is 6.18. The second-order valence-corrected chi connectivity index (χ2v) is 8.01. The number of hydrogen-bond donors (Lipinski definition) is 0. The van der Waals surface area contributed by atoms with E-state index in [-0.39, 0.29) is 11.4 Å². The minimum atomic E-state index is -3.39. The summed E-state index contributed by atoms with van der Waals surface area (Å²) in [6, 6.07) is 0.0677. The molecule has 7 heteroatoms. The number of thioether (sulfide) groups is 1. The topological polar surface area (TPSA) is 40.6 Å². The largest absolute Gasteiger partial charge is 0.305 e. The zero-order valence-electron chi connectivity index (χ0n) is 10.7. The van der Waals surface area contributed by atoms with Crippen LogP contribution < -0.4 is 0 Å². The standard InChI is InChI=1S/C11H19ClN2O2S2/c1-9-8-17-10(2)14(9)18(15,16)13-7-3-4-11(13)5-6-12/h8,10-11H,3-7H2,1-2H3. The van der Waals surface area contributed by atoms with Gasteiger partial charge in [-0.15, -0.1) is 23.4 Å². The summed E-state index contributed by atoms with van der Waals surface area (Å²) in [4.78, 5) is 0. The highest BCUT2D eigenvalue weighted by Gasteiger charge is 2.41. The molecule has 0 saturated carbocycles. The second kappa shape index (κ2) is 5.61. The normalized spacial score (nSPS) is 29.9. The minimum Gasteiger partial charge on any atom is -0.248 e. The molecule has 0 aliphatic carbocycles. The maximum atomic E-state index is 12.7. The van der Waals surface area contributed by atoms with Crippen LogP contribution in [0.3, 0.4) is 0 Å². The Balaban J connectivity index is 2.23. The molecule has 2 atom stereocenters. The van der Waals surface area contributed by atoms with Gasteiger partial charge in [-0.1, -0.05) is 0 Å². The van der Waals surface area contributed by atoms with Gasteiger partial charge in [0.2, 0.25) is 0 Å². The fourth-order valence-electron chi connectivity index (χ4n) is 2.60. The molecular formula is C11H19ClN2O2S2. The summed E-state index contributed by atoms with van der Waals surface area (Å²) < 4.78 is 28.6. The molecular weight excluding hydrogens is 292 g/mol. The lowest BCUT2D eigenvalue weighted by Crippen LogP contribution is -2.46. The van der Waals surface area contributed by atoms with Crippen molar-refractivity contribution in [3.63, 3.8) is 0 Å². The fraction of sp³-hybridized carbons (Fsp3) is 0.818. The summed E-state index contributed by atoms with van der Waals surface area (Å²) in [5.41, 5.74) is 0.809. The zero-order chi connectivity index (χ0) is 13.3. The molecule has 0 amide bonds. The maximum Gasteiger partial charge on any atom is 0.305 e. The van der Waals surface area contributed by atoms with Gasteiger partial charge in [0.05, 0.1) is 5.37 Å². The van der Waals surface area contributed by atoms with Crippen molar-refractivity contribution in [1.29, 1.82) is 0 Å². The van der Waals surface area contributed by atoms with Crippen molar-refractivity contribution in [3.05, 3.63) is 11.1 Å². The van der Waals surface area contributed by atoms with Gasteiger partial charge in [0.25, 0.3) is 0 Å². The molecule has 0 radical (unpaired) electrons. The van der Waals surface area contributed by atoms with Crippen molar-refractivity contribution in [3.8, 4) is 0 Å². The summed E-state index contributed by atoms with van der Waals surface area (Å²) in [6.45, 7) is 4.38. The number of alkyl halides is 1. The number of allylic oxidation sites excluding steroid dienone is 1. The first-order chi connectivity index (χ1) is 8.48. The van der Waals surface area contributed by atoms with Gasteiger partial charge in [0.15, 0.2) is 0 Å². The molecule has 2 heterocycles. The van der Waals surface area contributed by atoms with Gasteiger partial charge in [0, 0.05) is 24.2 Å². The molecule has 2 unspecified atom stereocenters. The highest BCUT2D eigenvalue weighted by molar-refractivity contribution is 8.03. The molecule has 0 bridgehead atoms. The third kappa shape index (κ3) is 2.53. The molecule has 0 aromatic carbocycles. The minimum absolute atomic E-state index is 0.0488. The molecule has 0 aromatic heterocycles. The average molecular weight is 311 g/mol. The lowest BCUT2D eigenvalue weighted by Gasteiger charge is -2.32. The van der Waals surface area contributed by atoms with Crippen molar-refractivity contribution in [2.24, 2.45) is 0 Å². The van der Waals surface area contributed by atoms with Gasteiger partial charge >= 0.3 is 10.2 Å². The van der Waals surface area contributed by atoms with E-state index >= 15 is 0 Å². The Morgan fingerprint density at radius 2 is 2.28 bits per heavy atom. The van der Waals surface area contributed by atoms with E-state index in [1.165, 1.54) is 4.31 Å². The van der Waals surface area contributed by atoms with Crippen LogP contribution in [0.4, 0.5) is 0 Å². The van der Waals surface area contributed by atoms with Crippen LogP contribution in [-0.4, -0.2) is 40.9 Å². The Morgan fingerprint density at radius 3 is 2.83 bits per heavy atom. The summed E-state index contributed by atoms with van der Waals surface area (Å²) in [7, 11) is -3.39. The van der Waals surface area contributed by atoms with Crippen LogP contribution in [0.1, 0.15) is 33.1 Å². The highest BCUT2D eigenvalue weighted by Crippen LogP contribution is 2.36. The van der Waals surface area contributed by atoms with Gasteiger partial charge in [0.1, 0.15) is 0 Å². The molecule has 2 aliphatic heterocycles. The van der Waals surface area contributed by atoms with E-state index in [4.69, 9.17) is 11.6 Å². The number of halogens is 1. The van der Waals surface area contributed by atoms with Crippen molar-refractivity contribution >= 4 is 33.6 Å². The molecule has 1 fully saturated rings. The van der Waals surface area contributed by atoms with Crippen LogP contribution in [0.25, 0.3) is 0 Å². The number of rotatable bonds is 4. The molecule has 18 heavy (non-hydrogen) atoms. The van der Waals surface area contributed by atoms with E-state index in [0.29, 0.717) is 12.4 Å². The summed E-state index contributed by atoms with van der Waals surface area (Å²) in [6.07, 6.45) is 2.59. The lowest BCUT2D eigenvalue weighted by molar-refractivity contribution is 0.341. The van der Waals surface area contributed by atoms with Crippen LogP contribution in [0.15, 0.2) is 11.1 Å². The van der Waals surface area contributed by atoms with E-state index < -0.39 is 10.2 Å². The predicted octanol–water partition coefficient (Wildman–Crippen LogP) is 2.58. The first-order valence-corrected chi connectivity index (χ1v) is 9.05. The Labute approximate surface area is 119 Å². The zero-order valence-corrected chi connectivity index (χ0v) is 13.1.